The normalized spacial score (nSPS) is 13.1. The second-order valence-electron chi connectivity index (χ2n) is 5.89. The Morgan fingerprint density at radius 1 is 1.30 bits per heavy atom. The highest BCUT2D eigenvalue weighted by Crippen LogP contribution is 2.24. The summed E-state index contributed by atoms with van der Waals surface area (Å²) in [6.07, 6.45) is 1.21. The number of hydrogen-bond donors (Lipinski definition) is 1. The van der Waals surface area contributed by atoms with Crippen LogP contribution in [0, 0.1) is 5.41 Å². The molecule has 0 radical (unpaired) electrons. The molecule has 0 heterocycles. The van der Waals surface area contributed by atoms with Crippen molar-refractivity contribution in [2.45, 2.75) is 39.7 Å². The fraction of sp³-hybridized carbons (Fsp3) is 0.533. The van der Waals surface area contributed by atoms with E-state index < -0.39 is 0 Å². The van der Waals surface area contributed by atoms with Crippen LogP contribution in [-0.2, 0) is 11.2 Å². The van der Waals surface area contributed by atoms with Gasteiger partial charge in [0.1, 0.15) is 0 Å². The van der Waals surface area contributed by atoms with Crippen LogP contribution in [0.4, 0.5) is 0 Å². The van der Waals surface area contributed by atoms with Crippen LogP contribution in [0.2, 0.25) is 10.0 Å². The molecule has 1 atom stereocenters. The number of rotatable bonds is 5. The van der Waals surface area contributed by atoms with Crippen molar-refractivity contribution in [3.63, 3.8) is 0 Å². The van der Waals surface area contributed by atoms with Crippen LogP contribution in [0.15, 0.2) is 18.2 Å². The molecular weight excluding hydrogens is 361 g/mol. The standard InChI is InChI=1S/C15H20BrCl2NO/c1-15(2,3)13(6-7-16)19-14(20)9-10-4-5-11(17)12(18)8-10/h4-5,8,13H,6-7,9H2,1-3H3,(H,19,20). The molecule has 0 aromatic heterocycles. The second kappa shape index (κ2) is 7.67. The maximum atomic E-state index is 12.1. The lowest BCUT2D eigenvalue weighted by Crippen LogP contribution is -2.44. The fourth-order valence-electron chi connectivity index (χ4n) is 1.91. The van der Waals surface area contributed by atoms with Crippen molar-refractivity contribution >= 4 is 45.0 Å². The van der Waals surface area contributed by atoms with E-state index in [1.807, 2.05) is 6.07 Å². The summed E-state index contributed by atoms with van der Waals surface area (Å²) in [5, 5.41) is 4.94. The highest BCUT2D eigenvalue weighted by Gasteiger charge is 2.25. The maximum absolute atomic E-state index is 12.1. The van der Waals surface area contributed by atoms with Gasteiger partial charge in [0.15, 0.2) is 0 Å². The number of amides is 1. The van der Waals surface area contributed by atoms with Crippen LogP contribution in [0.25, 0.3) is 0 Å². The van der Waals surface area contributed by atoms with Crippen molar-refractivity contribution in [3.05, 3.63) is 33.8 Å². The zero-order valence-electron chi connectivity index (χ0n) is 12.0. The summed E-state index contributed by atoms with van der Waals surface area (Å²) in [6.45, 7) is 6.37. The number of carbonyl (C=O) groups excluding carboxylic acids is 1. The quantitative estimate of drug-likeness (QED) is 0.726. The van der Waals surface area contributed by atoms with Crippen molar-refractivity contribution in [2.24, 2.45) is 5.41 Å². The fourth-order valence-corrected chi connectivity index (χ4v) is 2.69. The third-order valence-corrected chi connectivity index (χ3v) is 4.32. The predicted octanol–water partition coefficient (Wildman–Crippen LogP) is 4.85. The van der Waals surface area contributed by atoms with E-state index in [2.05, 4.69) is 42.0 Å². The van der Waals surface area contributed by atoms with Crippen molar-refractivity contribution in [1.29, 1.82) is 0 Å². The van der Waals surface area contributed by atoms with Gasteiger partial charge in [0.05, 0.1) is 16.5 Å². The molecule has 112 valence electrons. The Hall–Kier alpha value is -0.250. The molecular formula is C15H20BrCl2NO. The molecule has 1 N–H and O–H groups in total. The Labute approximate surface area is 139 Å². The maximum Gasteiger partial charge on any atom is 0.224 e. The van der Waals surface area contributed by atoms with Crippen molar-refractivity contribution in [3.8, 4) is 0 Å². The zero-order chi connectivity index (χ0) is 15.3. The van der Waals surface area contributed by atoms with Crippen LogP contribution in [0.5, 0.6) is 0 Å². The highest BCUT2D eigenvalue weighted by molar-refractivity contribution is 9.09. The lowest BCUT2D eigenvalue weighted by atomic mass is 9.85. The van der Waals surface area contributed by atoms with Gasteiger partial charge in [0.25, 0.3) is 0 Å². The van der Waals surface area contributed by atoms with E-state index in [-0.39, 0.29) is 17.4 Å². The number of halogens is 3. The summed E-state index contributed by atoms with van der Waals surface area (Å²) in [4.78, 5) is 12.1. The van der Waals surface area contributed by atoms with Crippen LogP contribution >= 0.6 is 39.1 Å². The number of nitrogens with one attached hydrogen (secondary N) is 1. The average Bonchev–Trinajstić information content (AvgIpc) is 2.32. The molecule has 0 fully saturated rings. The Balaban J connectivity index is 2.68. The summed E-state index contributed by atoms with van der Waals surface area (Å²) in [6, 6.07) is 5.41. The molecule has 20 heavy (non-hydrogen) atoms. The van der Waals surface area contributed by atoms with Gasteiger partial charge < -0.3 is 5.32 Å². The molecule has 0 bridgehead atoms. The number of carbonyl (C=O) groups is 1. The minimum Gasteiger partial charge on any atom is -0.353 e. The molecule has 0 aliphatic carbocycles. The van der Waals surface area contributed by atoms with E-state index in [0.717, 1.165) is 17.3 Å². The first-order valence-electron chi connectivity index (χ1n) is 6.53. The molecule has 1 amide bonds. The molecule has 1 aromatic rings. The van der Waals surface area contributed by atoms with Gasteiger partial charge in [-0.1, -0.05) is 66.0 Å². The van der Waals surface area contributed by atoms with E-state index in [0.29, 0.717) is 16.5 Å². The van der Waals surface area contributed by atoms with E-state index >= 15 is 0 Å². The van der Waals surface area contributed by atoms with Crippen LogP contribution in [0.1, 0.15) is 32.8 Å². The molecule has 0 aliphatic heterocycles. The van der Waals surface area contributed by atoms with Gasteiger partial charge >= 0.3 is 0 Å². The summed E-state index contributed by atoms with van der Waals surface area (Å²) in [5.74, 6) is 0.00395. The Bertz CT molecular complexity index is 471. The molecule has 1 unspecified atom stereocenters. The van der Waals surface area contributed by atoms with Gasteiger partial charge in [-0.2, -0.15) is 0 Å². The Kier molecular flexibility index (Phi) is 6.83. The molecule has 5 heteroatoms. The zero-order valence-corrected chi connectivity index (χ0v) is 15.1. The Morgan fingerprint density at radius 2 is 1.95 bits per heavy atom. The smallest absolute Gasteiger partial charge is 0.224 e. The lowest BCUT2D eigenvalue weighted by molar-refractivity contribution is -0.121. The first kappa shape index (κ1) is 17.8. The number of benzene rings is 1. The summed E-state index contributed by atoms with van der Waals surface area (Å²) in [5.41, 5.74) is 0.893. The number of alkyl halides is 1. The second-order valence-corrected chi connectivity index (χ2v) is 7.50. The molecule has 0 aliphatic rings. The minimum absolute atomic E-state index is 0.00395. The minimum atomic E-state index is 0.00395. The van der Waals surface area contributed by atoms with Gasteiger partial charge in [-0.25, -0.2) is 0 Å². The third-order valence-electron chi connectivity index (χ3n) is 3.13. The summed E-state index contributed by atoms with van der Waals surface area (Å²) >= 11 is 15.3. The van der Waals surface area contributed by atoms with E-state index in [9.17, 15) is 4.79 Å². The Morgan fingerprint density at radius 3 is 2.45 bits per heavy atom. The topological polar surface area (TPSA) is 29.1 Å². The van der Waals surface area contributed by atoms with Crippen LogP contribution < -0.4 is 5.32 Å². The van der Waals surface area contributed by atoms with Crippen LogP contribution in [-0.4, -0.2) is 17.3 Å². The van der Waals surface area contributed by atoms with Crippen molar-refractivity contribution in [2.75, 3.05) is 5.33 Å². The van der Waals surface area contributed by atoms with Crippen molar-refractivity contribution in [1.82, 2.24) is 5.32 Å². The summed E-state index contributed by atoms with van der Waals surface area (Å²) < 4.78 is 0. The molecule has 1 aromatic carbocycles. The predicted molar refractivity (Wildman–Crippen MR) is 90.0 cm³/mol. The van der Waals surface area contributed by atoms with Gasteiger partial charge in [-0.3, -0.25) is 4.79 Å². The number of hydrogen-bond acceptors (Lipinski definition) is 1. The SMILES string of the molecule is CC(C)(C)C(CCBr)NC(=O)Cc1ccc(Cl)c(Cl)c1. The molecule has 0 saturated carbocycles. The molecule has 0 spiro atoms. The third kappa shape index (κ3) is 5.63. The summed E-state index contributed by atoms with van der Waals surface area (Å²) in [7, 11) is 0. The van der Waals surface area contributed by atoms with Gasteiger partial charge in [-0.05, 0) is 29.5 Å². The first-order chi connectivity index (χ1) is 9.24. The van der Waals surface area contributed by atoms with E-state index in [4.69, 9.17) is 23.2 Å². The largest absolute Gasteiger partial charge is 0.353 e. The van der Waals surface area contributed by atoms with E-state index in [1.54, 1.807) is 12.1 Å². The van der Waals surface area contributed by atoms with E-state index in [1.165, 1.54) is 0 Å². The first-order valence-corrected chi connectivity index (χ1v) is 8.41. The average molecular weight is 381 g/mol. The van der Waals surface area contributed by atoms with Gasteiger partial charge in [0, 0.05) is 11.4 Å². The van der Waals surface area contributed by atoms with Crippen LogP contribution in [0.3, 0.4) is 0 Å². The van der Waals surface area contributed by atoms with Gasteiger partial charge in [0.2, 0.25) is 5.91 Å². The monoisotopic (exact) mass is 379 g/mol. The molecule has 1 rings (SSSR count). The van der Waals surface area contributed by atoms with Gasteiger partial charge in [-0.15, -0.1) is 0 Å². The molecule has 2 nitrogen and oxygen atoms in total. The van der Waals surface area contributed by atoms with Crippen molar-refractivity contribution < 1.29 is 4.79 Å². The highest BCUT2D eigenvalue weighted by atomic mass is 79.9. The lowest BCUT2D eigenvalue weighted by Gasteiger charge is -2.31. The molecule has 0 saturated heterocycles.